The molecule has 2 aromatic carbocycles. The highest BCUT2D eigenvalue weighted by Gasteiger charge is 2.21. The Balaban J connectivity index is 2.04. The van der Waals surface area contributed by atoms with Gasteiger partial charge in [0, 0.05) is 23.8 Å². The Morgan fingerprint density at radius 1 is 1.12 bits per heavy atom. The van der Waals surface area contributed by atoms with Crippen molar-refractivity contribution in [2.75, 3.05) is 11.9 Å². The highest BCUT2D eigenvalue weighted by Crippen LogP contribution is 2.17. The number of hydrogen-bond donors (Lipinski definition) is 3. The van der Waals surface area contributed by atoms with Gasteiger partial charge < -0.3 is 15.4 Å². The number of benzene rings is 2. The molecule has 0 bridgehead atoms. The van der Waals surface area contributed by atoms with Crippen LogP contribution in [0.5, 0.6) is 0 Å². The van der Waals surface area contributed by atoms with Gasteiger partial charge in [-0.05, 0) is 76.6 Å². The van der Waals surface area contributed by atoms with Gasteiger partial charge in [0.25, 0.3) is 5.91 Å². The van der Waals surface area contributed by atoms with Crippen molar-refractivity contribution < 1.29 is 27.1 Å². The van der Waals surface area contributed by atoms with Gasteiger partial charge in [-0.25, -0.2) is 22.3 Å². The van der Waals surface area contributed by atoms with Gasteiger partial charge >= 0.3 is 6.09 Å². The number of aryl methyl sites for hydroxylation is 1. The summed E-state index contributed by atoms with van der Waals surface area (Å²) in [6.45, 7) is 8.33. The molecular weight excluding hydrogens is 437 g/mol. The second-order valence-corrected chi connectivity index (χ2v) is 10.1. The van der Waals surface area contributed by atoms with Gasteiger partial charge in [-0.3, -0.25) is 4.79 Å². The average Bonchev–Trinajstić information content (AvgIpc) is 2.68. The maximum atomic E-state index is 13.4. The fourth-order valence-electron chi connectivity index (χ4n) is 2.66. The van der Waals surface area contributed by atoms with Gasteiger partial charge in [0.15, 0.2) is 0 Å². The van der Waals surface area contributed by atoms with Gasteiger partial charge in [-0.1, -0.05) is 6.07 Å². The zero-order chi connectivity index (χ0) is 24.1. The van der Waals surface area contributed by atoms with Crippen molar-refractivity contribution >= 4 is 27.7 Å². The second-order valence-electron chi connectivity index (χ2n) is 8.35. The number of anilines is 1. The van der Waals surface area contributed by atoms with Crippen molar-refractivity contribution in [2.24, 2.45) is 0 Å². The maximum absolute atomic E-state index is 13.4. The molecule has 0 unspecified atom stereocenters. The predicted molar refractivity (Wildman–Crippen MR) is 120 cm³/mol. The number of halogens is 1. The quantitative estimate of drug-likeness (QED) is 0.578. The summed E-state index contributed by atoms with van der Waals surface area (Å²) >= 11 is 0. The first-order valence-corrected chi connectivity index (χ1v) is 11.4. The lowest BCUT2D eigenvalue weighted by Gasteiger charge is -2.21. The smallest absolute Gasteiger partial charge is 0.407 e. The SMILES string of the molecule is Cc1cc(NC(=O)c2cccc(S(=O)(=O)N[C@H](C)CNC(=O)OC(C)(C)C)c2)ccc1F. The molecule has 0 heterocycles. The summed E-state index contributed by atoms with van der Waals surface area (Å²) in [5.41, 5.74) is 0.217. The minimum atomic E-state index is -3.96. The van der Waals surface area contributed by atoms with Crippen LogP contribution in [0, 0.1) is 12.7 Å². The molecule has 1 atom stereocenters. The van der Waals surface area contributed by atoms with Crippen LogP contribution >= 0.6 is 0 Å². The van der Waals surface area contributed by atoms with Crippen LogP contribution in [-0.2, 0) is 14.8 Å². The molecule has 2 rings (SSSR count). The first-order valence-electron chi connectivity index (χ1n) is 9.93. The summed E-state index contributed by atoms with van der Waals surface area (Å²) in [5.74, 6) is -0.926. The molecule has 3 N–H and O–H groups in total. The molecule has 0 radical (unpaired) electrons. The van der Waals surface area contributed by atoms with Crippen molar-refractivity contribution in [3.05, 3.63) is 59.4 Å². The van der Waals surface area contributed by atoms with Gasteiger partial charge in [0.05, 0.1) is 4.90 Å². The Morgan fingerprint density at radius 2 is 1.81 bits per heavy atom. The molecule has 0 spiro atoms. The van der Waals surface area contributed by atoms with Crippen LogP contribution in [-0.4, -0.2) is 38.6 Å². The molecule has 0 aliphatic carbocycles. The normalized spacial score (nSPS) is 12.7. The molecule has 2 amide bonds. The zero-order valence-corrected chi connectivity index (χ0v) is 19.5. The van der Waals surface area contributed by atoms with Crippen molar-refractivity contribution in [1.29, 1.82) is 0 Å². The van der Waals surface area contributed by atoms with E-state index in [4.69, 9.17) is 4.74 Å². The van der Waals surface area contributed by atoms with E-state index >= 15 is 0 Å². The Hall–Kier alpha value is -2.98. The summed E-state index contributed by atoms with van der Waals surface area (Å²) in [6.07, 6.45) is -0.654. The van der Waals surface area contributed by atoms with E-state index in [1.807, 2.05) is 0 Å². The molecule has 0 aliphatic rings. The molecule has 8 nitrogen and oxygen atoms in total. The van der Waals surface area contributed by atoms with Crippen molar-refractivity contribution in [2.45, 2.75) is 51.2 Å². The number of rotatable bonds is 7. The highest BCUT2D eigenvalue weighted by atomic mass is 32.2. The number of carbonyl (C=O) groups is 2. The molecule has 0 saturated carbocycles. The van der Waals surface area contributed by atoms with Gasteiger partial charge in [-0.2, -0.15) is 0 Å². The number of carbonyl (C=O) groups excluding carboxylic acids is 2. The molecule has 2 aromatic rings. The second kappa shape index (κ2) is 10.1. The summed E-state index contributed by atoms with van der Waals surface area (Å²) in [6, 6.07) is 9.02. The van der Waals surface area contributed by atoms with Crippen molar-refractivity contribution in [1.82, 2.24) is 10.0 Å². The first-order chi connectivity index (χ1) is 14.8. The fourth-order valence-corrected chi connectivity index (χ4v) is 3.94. The molecule has 32 heavy (non-hydrogen) atoms. The number of alkyl carbamates (subject to hydrolysis) is 1. The Labute approximate surface area is 187 Å². The van der Waals surface area contributed by atoms with E-state index < -0.39 is 39.5 Å². The highest BCUT2D eigenvalue weighted by molar-refractivity contribution is 7.89. The fraction of sp³-hybridized carbons (Fsp3) is 0.364. The third-order valence-corrected chi connectivity index (χ3v) is 5.72. The maximum Gasteiger partial charge on any atom is 0.407 e. The van der Waals surface area contributed by atoms with E-state index in [0.717, 1.165) is 0 Å². The van der Waals surface area contributed by atoms with Crippen LogP contribution in [0.3, 0.4) is 0 Å². The molecule has 174 valence electrons. The lowest BCUT2D eigenvalue weighted by molar-refractivity contribution is 0.0524. The summed E-state index contributed by atoms with van der Waals surface area (Å²) in [5, 5.41) is 5.11. The minimum Gasteiger partial charge on any atom is -0.444 e. The van der Waals surface area contributed by atoms with Crippen LogP contribution in [0.2, 0.25) is 0 Å². The minimum absolute atomic E-state index is 0.0121. The van der Waals surface area contributed by atoms with Crippen molar-refractivity contribution in [3.63, 3.8) is 0 Å². The van der Waals surface area contributed by atoms with Gasteiger partial charge in [-0.15, -0.1) is 0 Å². The molecule has 0 aromatic heterocycles. The van der Waals surface area contributed by atoms with E-state index in [1.54, 1.807) is 34.6 Å². The average molecular weight is 466 g/mol. The molecule has 10 heteroatoms. The Kier molecular flexibility index (Phi) is 7.97. The summed E-state index contributed by atoms with van der Waals surface area (Å²) in [7, 11) is -3.96. The van der Waals surface area contributed by atoms with Crippen LogP contribution in [0.25, 0.3) is 0 Å². The number of ether oxygens (including phenoxy) is 1. The van der Waals surface area contributed by atoms with Crippen LogP contribution in [0.4, 0.5) is 14.9 Å². The van der Waals surface area contributed by atoms with Crippen LogP contribution in [0.1, 0.15) is 43.6 Å². The number of nitrogens with one attached hydrogen (secondary N) is 3. The van der Waals surface area contributed by atoms with E-state index in [-0.39, 0.29) is 17.0 Å². The standard InChI is InChI=1S/C22H28FN3O5S/c1-14-11-17(9-10-19(14)23)25-20(27)16-7-6-8-18(12-16)32(29,30)26-15(2)13-24-21(28)31-22(3,4)5/h6-12,15,26H,13H2,1-5H3,(H,24,28)(H,25,27)/t15-/m1/s1. The summed E-state index contributed by atoms with van der Waals surface area (Å²) < 4.78 is 46.4. The van der Waals surface area contributed by atoms with Crippen LogP contribution in [0.15, 0.2) is 47.4 Å². The number of hydrogen-bond acceptors (Lipinski definition) is 5. The van der Waals surface area contributed by atoms with Crippen LogP contribution < -0.4 is 15.4 Å². The Morgan fingerprint density at radius 3 is 2.44 bits per heavy atom. The zero-order valence-electron chi connectivity index (χ0n) is 18.7. The predicted octanol–water partition coefficient (Wildman–Crippen LogP) is 3.58. The molecule has 0 fully saturated rings. The van der Waals surface area contributed by atoms with Gasteiger partial charge in [0.2, 0.25) is 10.0 Å². The van der Waals surface area contributed by atoms with E-state index in [1.165, 1.54) is 42.5 Å². The van der Waals surface area contributed by atoms with E-state index in [2.05, 4.69) is 15.4 Å². The Bertz CT molecular complexity index is 1100. The third-order valence-electron chi connectivity index (χ3n) is 4.13. The van der Waals surface area contributed by atoms with Crippen molar-refractivity contribution in [3.8, 4) is 0 Å². The van der Waals surface area contributed by atoms with E-state index in [9.17, 15) is 22.4 Å². The third kappa shape index (κ3) is 7.61. The first kappa shape index (κ1) is 25.3. The van der Waals surface area contributed by atoms with E-state index in [0.29, 0.717) is 11.3 Å². The van der Waals surface area contributed by atoms with Gasteiger partial charge in [0.1, 0.15) is 11.4 Å². The topological polar surface area (TPSA) is 114 Å². The molecule has 0 aliphatic heterocycles. The lowest BCUT2D eigenvalue weighted by atomic mass is 10.2. The molecular formula is C22H28FN3O5S. The monoisotopic (exact) mass is 465 g/mol. The largest absolute Gasteiger partial charge is 0.444 e. The molecule has 0 saturated heterocycles. The number of sulfonamides is 1. The lowest BCUT2D eigenvalue weighted by Crippen LogP contribution is -2.43. The number of amides is 2. The summed E-state index contributed by atoms with van der Waals surface area (Å²) in [4.78, 5) is 24.1.